The van der Waals surface area contributed by atoms with Gasteiger partial charge in [0.1, 0.15) is 0 Å². The van der Waals surface area contributed by atoms with Crippen LogP contribution < -0.4 is 10.6 Å². The summed E-state index contributed by atoms with van der Waals surface area (Å²) in [5.41, 5.74) is 0. The molecule has 3 atom stereocenters. The monoisotopic (exact) mass is 304 g/mol. The summed E-state index contributed by atoms with van der Waals surface area (Å²) in [6, 6.07) is 0. The molecule has 118 valence electrons. The van der Waals surface area contributed by atoms with Gasteiger partial charge >= 0.3 is 0 Å². The number of nitrogens with one attached hydrogen (secondary N) is 2. The van der Waals surface area contributed by atoms with Gasteiger partial charge in [-0.2, -0.15) is 0 Å². The van der Waals surface area contributed by atoms with Crippen molar-refractivity contribution < 1.29 is 9.53 Å². The van der Waals surface area contributed by atoms with Crippen LogP contribution in [-0.4, -0.2) is 38.3 Å². The SMILES string of the molecule is CC(C)C1OCCCC1CNC(=O)C(C)C1CNC1.Cl. The van der Waals surface area contributed by atoms with E-state index in [0.29, 0.717) is 23.9 Å². The Balaban J connectivity index is 0.00000200. The summed E-state index contributed by atoms with van der Waals surface area (Å²) in [5, 5.41) is 6.36. The number of carbonyl (C=O) groups excluding carboxylic acids is 1. The smallest absolute Gasteiger partial charge is 0.223 e. The molecule has 0 saturated carbocycles. The fourth-order valence-corrected chi connectivity index (χ4v) is 3.09. The third kappa shape index (κ3) is 4.34. The highest BCUT2D eigenvalue weighted by molar-refractivity contribution is 5.85. The zero-order valence-corrected chi connectivity index (χ0v) is 13.7. The fraction of sp³-hybridized carbons (Fsp3) is 0.933. The number of carbonyl (C=O) groups is 1. The molecule has 2 N–H and O–H groups in total. The summed E-state index contributed by atoms with van der Waals surface area (Å²) in [4.78, 5) is 12.1. The maximum Gasteiger partial charge on any atom is 0.223 e. The molecule has 2 heterocycles. The van der Waals surface area contributed by atoms with Crippen molar-refractivity contribution in [3.05, 3.63) is 0 Å². The first-order chi connectivity index (χ1) is 9.09. The van der Waals surface area contributed by atoms with Gasteiger partial charge in [-0.25, -0.2) is 0 Å². The molecule has 20 heavy (non-hydrogen) atoms. The van der Waals surface area contributed by atoms with Crippen LogP contribution in [0.15, 0.2) is 0 Å². The van der Waals surface area contributed by atoms with Crippen LogP contribution in [-0.2, 0) is 9.53 Å². The van der Waals surface area contributed by atoms with Gasteiger partial charge in [0.05, 0.1) is 6.10 Å². The van der Waals surface area contributed by atoms with Gasteiger partial charge in [-0.05, 0) is 37.8 Å². The normalized spacial score (nSPS) is 28.4. The Hall–Kier alpha value is -0.320. The van der Waals surface area contributed by atoms with Crippen LogP contribution in [0.4, 0.5) is 0 Å². The molecule has 2 aliphatic heterocycles. The average molecular weight is 305 g/mol. The van der Waals surface area contributed by atoms with E-state index in [1.165, 1.54) is 6.42 Å². The molecular formula is C15H29ClN2O2. The van der Waals surface area contributed by atoms with Crippen LogP contribution in [0, 0.1) is 23.7 Å². The van der Waals surface area contributed by atoms with E-state index in [-0.39, 0.29) is 24.2 Å². The second-order valence-corrected chi connectivity index (χ2v) is 6.43. The molecule has 0 bridgehead atoms. The Bertz CT molecular complexity index is 308. The topological polar surface area (TPSA) is 50.4 Å². The molecule has 5 heteroatoms. The van der Waals surface area contributed by atoms with E-state index in [4.69, 9.17) is 4.74 Å². The van der Waals surface area contributed by atoms with Crippen molar-refractivity contribution in [3.63, 3.8) is 0 Å². The standard InChI is InChI=1S/C15H28N2O2.ClH/c1-10(2)14-12(5-4-6-19-14)9-17-15(18)11(3)13-7-16-8-13;/h10-14,16H,4-9H2,1-3H3,(H,17,18);1H. The Kier molecular flexibility index (Phi) is 7.27. The first kappa shape index (κ1) is 17.7. The van der Waals surface area contributed by atoms with E-state index in [0.717, 1.165) is 32.7 Å². The van der Waals surface area contributed by atoms with E-state index < -0.39 is 0 Å². The minimum absolute atomic E-state index is 0. The number of rotatable bonds is 5. The zero-order chi connectivity index (χ0) is 13.8. The number of ether oxygens (including phenoxy) is 1. The first-order valence-corrected chi connectivity index (χ1v) is 7.69. The number of hydrogen-bond donors (Lipinski definition) is 2. The Morgan fingerprint density at radius 1 is 1.35 bits per heavy atom. The molecule has 2 aliphatic rings. The van der Waals surface area contributed by atoms with Crippen LogP contribution in [0.25, 0.3) is 0 Å². The molecule has 3 unspecified atom stereocenters. The van der Waals surface area contributed by atoms with Crippen LogP contribution >= 0.6 is 12.4 Å². The van der Waals surface area contributed by atoms with Crippen LogP contribution in [0.2, 0.25) is 0 Å². The summed E-state index contributed by atoms with van der Waals surface area (Å²) < 4.78 is 5.86. The highest BCUT2D eigenvalue weighted by Gasteiger charge is 2.31. The van der Waals surface area contributed by atoms with E-state index in [1.54, 1.807) is 0 Å². The summed E-state index contributed by atoms with van der Waals surface area (Å²) in [5.74, 6) is 1.85. The lowest BCUT2D eigenvalue weighted by Crippen LogP contribution is -2.50. The molecular weight excluding hydrogens is 276 g/mol. The van der Waals surface area contributed by atoms with Crippen LogP contribution in [0.5, 0.6) is 0 Å². The second kappa shape index (κ2) is 8.20. The largest absolute Gasteiger partial charge is 0.378 e. The Labute approximate surface area is 128 Å². The maximum absolute atomic E-state index is 12.1. The molecule has 2 rings (SSSR count). The van der Waals surface area contributed by atoms with Gasteiger partial charge in [-0.1, -0.05) is 20.8 Å². The van der Waals surface area contributed by atoms with Crippen molar-refractivity contribution in [1.29, 1.82) is 0 Å². The van der Waals surface area contributed by atoms with Crippen LogP contribution in [0.3, 0.4) is 0 Å². The van der Waals surface area contributed by atoms with Crippen molar-refractivity contribution in [1.82, 2.24) is 10.6 Å². The zero-order valence-electron chi connectivity index (χ0n) is 12.9. The highest BCUT2D eigenvalue weighted by Crippen LogP contribution is 2.26. The van der Waals surface area contributed by atoms with E-state index in [9.17, 15) is 4.79 Å². The summed E-state index contributed by atoms with van der Waals surface area (Å²) in [6.07, 6.45) is 2.59. The molecule has 1 amide bonds. The minimum Gasteiger partial charge on any atom is -0.378 e. The predicted molar refractivity (Wildman–Crippen MR) is 83.1 cm³/mol. The Morgan fingerprint density at radius 2 is 2.05 bits per heavy atom. The van der Waals surface area contributed by atoms with Gasteiger partial charge in [0.25, 0.3) is 0 Å². The van der Waals surface area contributed by atoms with Crippen LogP contribution in [0.1, 0.15) is 33.6 Å². The molecule has 0 aliphatic carbocycles. The van der Waals surface area contributed by atoms with E-state index >= 15 is 0 Å². The van der Waals surface area contributed by atoms with E-state index in [1.807, 2.05) is 6.92 Å². The van der Waals surface area contributed by atoms with Crippen molar-refractivity contribution in [2.24, 2.45) is 23.7 Å². The van der Waals surface area contributed by atoms with E-state index in [2.05, 4.69) is 24.5 Å². The quantitative estimate of drug-likeness (QED) is 0.815. The second-order valence-electron chi connectivity index (χ2n) is 6.43. The van der Waals surface area contributed by atoms with Crippen molar-refractivity contribution in [2.45, 2.75) is 39.7 Å². The van der Waals surface area contributed by atoms with Crippen molar-refractivity contribution >= 4 is 18.3 Å². The predicted octanol–water partition coefficient (Wildman–Crippen LogP) is 1.83. The van der Waals surface area contributed by atoms with Gasteiger partial charge in [0.2, 0.25) is 5.91 Å². The molecule has 2 saturated heterocycles. The highest BCUT2D eigenvalue weighted by atomic mass is 35.5. The lowest BCUT2D eigenvalue weighted by atomic mass is 9.86. The molecule has 2 fully saturated rings. The molecule has 0 aromatic rings. The fourth-order valence-electron chi connectivity index (χ4n) is 3.09. The number of amides is 1. The third-order valence-corrected chi connectivity index (χ3v) is 4.62. The molecule has 0 aromatic heterocycles. The van der Waals surface area contributed by atoms with Gasteiger partial charge in [0, 0.05) is 25.0 Å². The maximum atomic E-state index is 12.1. The number of halogens is 1. The molecule has 0 spiro atoms. The first-order valence-electron chi connectivity index (χ1n) is 7.69. The van der Waals surface area contributed by atoms with Gasteiger partial charge in [-0.3, -0.25) is 4.79 Å². The summed E-state index contributed by atoms with van der Waals surface area (Å²) in [7, 11) is 0. The van der Waals surface area contributed by atoms with Gasteiger partial charge in [-0.15, -0.1) is 12.4 Å². The van der Waals surface area contributed by atoms with Gasteiger partial charge in [0.15, 0.2) is 0 Å². The summed E-state index contributed by atoms with van der Waals surface area (Å²) in [6.45, 7) is 10.0. The van der Waals surface area contributed by atoms with Gasteiger partial charge < -0.3 is 15.4 Å². The third-order valence-electron chi connectivity index (χ3n) is 4.62. The number of hydrogen-bond acceptors (Lipinski definition) is 3. The minimum atomic E-state index is 0. The van der Waals surface area contributed by atoms with Crippen molar-refractivity contribution in [2.75, 3.05) is 26.2 Å². The molecule has 0 radical (unpaired) electrons. The summed E-state index contributed by atoms with van der Waals surface area (Å²) >= 11 is 0. The molecule has 0 aromatic carbocycles. The Morgan fingerprint density at radius 3 is 2.60 bits per heavy atom. The lowest BCUT2D eigenvalue weighted by molar-refractivity contribution is -0.127. The van der Waals surface area contributed by atoms with Crippen molar-refractivity contribution in [3.8, 4) is 0 Å². The lowest BCUT2D eigenvalue weighted by Gasteiger charge is -2.35. The average Bonchev–Trinajstić information content (AvgIpc) is 2.34. The molecule has 4 nitrogen and oxygen atoms in total.